The molecule has 0 aliphatic rings. The molecule has 0 fully saturated rings. The third kappa shape index (κ3) is 2.77. The molecule has 1 unspecified atom stereocenters. The van der Waals surface area contributed by atoms with E-state index in [1.54, 1.807) is 0 Å². The lowest BCUT2D eigenvalue weighted by Gasteiger charge is -2.14. The summed E-state index contributed by atoms with van der Waals surface area (Å²) in [5.41, 5.74) is 3.08. The number of carboxylic acids is 1. The summed E-state index contributed by atoms with van der Waals surface area (Å²) in [5.74, 6) is -1.25. The molecule has 2 aromatic rings. The van der Waals surface area contributed by atoms with Crippen molar-refractivity contribution in [1.82, 2.24) is 0 Å². The third-order valence-corrected chi connectivity index (χ3v) is 3.19. The molecule has 0 amide bonds. The van der Waals surface area contributed by atoms with Gasteiger partial charge in [0.25, 0.3) is 0 Å². The largest absolute Gasteiger partial charge is 0.481 e. The predicted molar refractivity (Wildman–Crippen MR) is 71.7 cm³/mol. The van der Waals surface area contributed by atoms with Gasteiger partial charge >= 0.3 is 5.97 Å². The van der Waals surface area contributed by atoms with Gasteiger partial charge in [0, 0.05) is 0 Å². The van der Waals surface area contributed by atoms with Crippen molar-refractivity contribution in [2.45, 2.75) is 19.3 Å². The zero-order valence-electron chi connectivity index (χ0n) is 10.3. The zero-order chi connectivity index (χ0) is 13.0. The third-order valence-electron chi connectivity index (χ3n) is 3.19. The van der Waals surface area contributed by atoms with Crippen LogP contribution in [0.3, 0.4) is 0 Å². The average molecular weight is 240 g/mol. The molecule has 0 heterocycles. The van der Waals surface area contributed by atoms with Crippen LogP contribution < -0.4 is 0 Å². The van der Waals surface area contributed by atoms with E-state index in [0.29, 0.717) is 6.42 Å². The Bertz CT molecular complexity index is 532. The zero-order valence-corrected chi connectivity index (χ0v) is 10.3. The Hall–Kier alpha value is -2.09. The molecule has 0 aliphatic carbocycles. The molecular weight excluding hydrogens is 224 g/mol. The van der Waals surface area contributed by atoms with E-state index < -0.39 is 11.9 Å². The molecule has 0 aliphatic heterocycles. The van der Waals surface area contributed by atoms with Crippen LogP contribution in [0, 0.1) is 6.92 Å². The summed E-state index contributed by atoms with van der Waals surface area (Å²) >= 11 is 0. The Morgan fingerprint density at radius 1 is 1.06 bits per heavy atom. The fourth-order valence-electron chi connectivity index (χ4n) is 2.09. The smallest absolute Gasteiger partial charge is 0.311 e. The molecular formula is C16H16O2. The van der Waals surface area contributed by atoms with Crippen molar-refractivity contribution in [1.29, 1.82) is 0 Å². The van der Waals surface area contributed by atoms with Crippen LogP contribution in [0.4, 0.5) is 0 Å². The second kappa shape index (κ2) is 5.50. The second-order valence-electron chi connectivity index (χ2n) is 4.43. The summed E-state index contributed by atoms with van der Waals surface area (Å²) in [4.78, 5) is 11.4. The molecule has 1 atom stereocenters. The van der Waals surface area contributed by atoms with Gasteiger partial charge in [-0.2, -0.15) is 0 Å². The minimum atomic E-state index is -0.774. The first-order chi connectivity index (χ1) is 8.68. The van der Waals surface area contributed by atoms with Gasteiger partial charge in [-0.25, -0.2) is 0 Å². The standard InChI is InChI=1S/C16H16O2/c1-12-7-5-6-10-14(12)11-15(16(17)18)13-8-3-2-4-9-13/h2-10,15H,11H2,1H3,(H,17,18). The average Bonchev–Trinajstić information content (AvgIpc) is 2.38. The van der Waals surface area contributed by atoms with Crippen molar-refractivity contribution < 1.29 is 9.90 Å². The number of benzene rings is 2. The normalized spacial score (nSPS) is 12.1. The van der Waals surface area contributed by atoms with Crippen molar-refractivity contribution in [2.75, 3.05) is 0 Å². The Morgan fingerprint density at radius 3 is 2.28 bits per heavy atom. The molecule has 18 heavy (non-hydrogen) atoms. The van der Waals surface area contributed by atoms with Gasteiger partial charge in [0.15, 0.2) is 0 Å². The molecule has 0 spiro atoms. The monoisotopic (exact) mass is 240 g/mol. The Balaban J connectivity index is 2.28. The number of hydrogen-bond acceptors (Lipinski definition) is 1. The first-order valence-corrected chi connectivity index (χ1v) is 6.00. The summed E-state index contributed by atoms with van der Waals surface area (Å²) in [6.45, 7) is 2.01. The van der Waals surface area contributed by atoms with E-state index in [1.165, 1.54) is 0 Å². The molecule has 2 aromatic carbocycles. The van der Waals surface area contributed by atoms with Crippen LogP contribution in [-0.2, 0) is 11.2 Å². The van der Waals surface area contributed by atoms with Gasteiger partial charge in [-0.05, 0) is 30.0 Å². The number of hydrogen-bond donors (Lipinski definition) is 1. The summed E-state index contributed by atoms with van der Waals surface area (Å²) in [6, 6.07) is 17.3. The first kappa shape index (κ1) is 12.4. The van der Waals surface area contributed by atoms with Crippen molar-refractivity contribution in [3.05, 3.63) is 71.3 Å². The highest BCUT2D eigenvalue weighted by atomic mass is 16.4. The van der Waals surface area contributed by atoms with Crippen molar-refractivity contribution in [2.24, 2.45) is 0 Å². The molecule has 0 bridgehead atoms. The van der Waals surface area contributed by atoms with E-state index >= 15 is 0 Å². The molecule has 0 saturated heterocycles. The van der Waals surface area contributed by atoms with Gasteiger partial charge in [-0.15, -0.1) is 0 Å². The number of aliphatic carboxylic acids is 1. The molecule has 2 nitrogen and oxygen atoms in total. The SMILES string of the molecule is Cc1ccccc1CC(C(=O)O)c1ccccc1. The van der Waals surface area contributed by atoms with Gasteiger partial charge in [0.05, 0.1) is 5.92 Å². The second-order valence-corrected chi connectivity index (χ2v) is 4.43. The van der Waals surface area contributed by atoms with E-state index in [-0.39, 0.29) is 0 Å². The Labute approximate surface area is 107 Å². The number of aryl methyl sites for hydroxylation is 1. The lowest BCUT2D eigenvalue weighted by Crippen LogP contribution is -2.14. The molecule has 0 saturated carbocycles. The van der Waals surface area contributed by atoms with Gasteiger partial charge in [0.1, 0.15) is 0 Å². The van der Waals surface area contributed by atoms with Crippen LogP contribution in [-0.4, -0.2) is 11.1 Å². The molecule has 1 N–H and O–H groups in total. The van der Waals surface area contributed by atoms with Crippen molar-refractivity contribution in [3.63, 3.8) is 0 Å². The first-order valence-electron chi connectivity index (χ1n) is 6.00. The molecule has 2 heteroatoms. The highest BCUT2D eigenvalue weighted by Crippen LogP contribution is 2.22. The molecule has 0 aromatic heterocycles. The quantitative estimate of drug-likeness (QED) is 0.889. The number of carboxylic acid groups (broad SMARTS) is 1. The minimum Gasteiger partial charge on any atom is -0.481 e. The van der Waals surface area contributed by atoms with E-state index in [1.807, 2.05) is 61.5 Å². The molecule has 0 radical (unpaired) electrons. The van der Waals surface area contributed by atoms with Crippen LogP contribution in [0.5, 0.6) is 0 Å². The van der Waals surface area contributed by atoms with Crippen molar-refractivity contribution >= 4 is 5.97 Å². The van der Waals surface area contributed by atoms with Crippen LogP contribution in [0.25, 0.3) is 0 Å². The lowest BCUT2D eigenvalue weighted by molar-refractivity contribution is -0.138. The summed E-state index contributed by atoms with van der Waals surface area (Å²) in [6.07, 6.45) is 0.534. The maximum Gasteiger partial charge on any atom is 0.311 e. The van der Waals surface area contributed by atoms with E-state index in [9.17, 15) is 9.90 Å². The van der Waals surface area contributed by atoms with E-state index in [4.69, 9.17) is 0 Å². The highest BCUT2D eigenvalue weighted by molar-refractivity contribution is 5.76. The van der Waals surface area contributed by atoms with Crippen LogP contribution in [0.2, 0.25) is 0 Å². The predicted octanol–water partition coefficient (Wildman–Crippen LogP) is 3.41. The maximum absolute atomic E-state index is 11.4. The number of rotatable bonds is 4. The van der Waals surface area contributed by atoms with Crippen LogP contribution in [0.15, 0.2) is 54.6 Å². The number of carbonyl (C=O) groups is 1. The molecule has 92 valence electrons. The van der Waals surface area contributed by atoms with Gasteiger partial charge in [0.2, 0.25) is 0 Å². The van der Waals surface area contributed by atoms with Crippen molar-refractivity contribution in [3.8, 4) is 0 Å². The minimum absolute atomic E-state index is 0.479. The highest BCUT2D eigenvalue weighted by Gasteiger charge is 2.20. The fourth-order valence-corrected chi connectivity index (χ4v) is 2.09. The van der Waals surface area contributed by atoms with E-state index in [0.717, 1.165) is 16.7 Å². The van der Waals surface area contributed by atoms with Crippen LogP contribution >= 0.6 is 0 Å². The van der Waals surface area contributed by atoms with Gasteiger partial charge < -0.3 is 5.11 Å². The van der Waals surface area contributed by atoms with Gasteiger partial charge in [-0.1, -0.05) is 54.6 Å². The lowest BCUT2D eigenvalue weighted by atomic mass is 9.90. The molecule has 2 rings (SSSR count). The maximum atomic E-state index is 11.4. The fraction of sp³-hybridized carbons (Fsp3) is 0.188. The summed E-state index contributed by atoms with van der Waals surface area (Å²) in [7, 11) is 0. The Morgan fingerprint density at radius 2 is 1.67 bits per heavy atom. The summed E-state index contributed by atoms with van der Waals surface area (Å²) in [5, 5.41) is 9.38. The van der Waals surface area contributed by atoms with Crippen LogP contribution in [0.1, 0.15) is 22.6 Å². The Kier molecular flexibility index (Phi) is 3.78. The van der Waals surface area contributed by atoms with E-state index in [2.05, 4.69) is 0 Å². The van der Waals surface area contributed by atoms with Gasteiger partial charge in [-0.3, -0.25) is 4.79 Å². The summed E-state index contributed by atoms with van der Waals surface area (Å²) < 4.78 is 0. The topological polar surface area (TPSA) is 37.3 Å².